The summed E-state index contributed by atoms with van der Waals surface area (Å²) in [6.07, 6.45) is 3.80. The van der Waals surface area contributed by atoms with Gasteiger partial charge in [-0.05, 0) is 29.3 Å². The number of aromatic nitrogens is 1. The van der Waals surface area contributed by atoms with Gasteiger partial charge in [0.15, 0.2) is 5.13 Å². The van der Waals surface area contributed by atoms with Gasteiger partial charge in [0.05, 0.1) is 9.83 Å². The normalized spacial score (nSPS) is 14.6. The van der Waals surface area contributed by atoms with Crippen LogP contribution in [-0.4, -0.2) is 37.5 Å². The Morgan fingerprint density at radius 1 is 1.26 bits per heavy atom. The average Bonchev–Trinajstić information content (AvgIpc) is 3.34. The molecule has 0 unspecified atom stereocenters. The number of nitrogens with zero attached hydrogens (tertiary/aromatic N) is 3. The van der Waals surface area contributed by atoms with E-state index in [4.69, 9.17) is 12.2 Å². The highest BCUT2D eigenvalue weighted by Crippen LogP contribution is 2.32. The van der Waals surface area contributed by atoms with Gasteiger partial charge in [-0.3, -0.25) is 24.6 Å². The van der Waals surface area contributed by atoms with E-state index in [2.05, 4.69) is 26.2 Å². The average molecular weight is 575 g/mol. The number of halogens is 1. The van der Waals surface area contributed by atoms with Crippen molar-refractivity contribution in [3.63, 3.8) is 0 Å². The topological polar surface area (TPSA) is 105 Å². The fraction of sp³-hybridized carbons (Fsp3) is 0.0909. The first-order valence-electron chi connectivity index (χ1n) is 9.77. The molecule has 8 nitrogen and oxygen atoms in total. The van der Waals surface area contributed by atoms with Gasteiger partial charge in [-0.25, -0.2) is 4.98 Å². The minimum atomic E-state index is -0.441. The van der Waals surface area contributed by atoms with Crippen LogP contribution in [0.15, 0.2) is 64.1 Å². The molecule has 0 spiro atoms. The molecule has 1 aromatic heterocycles. The van der Waals surface area contributed by atoms with Crippen molar-refractivity contribution in [3.8, 4) is 0 Å². The zero-order valence-corrected chi connectivity index (χ0v) is 21.3. The van der Waals surface area contributed by atoms with Gasteiger partial charge in [-0.15, -0.1) is 11.3 Å². The fourth-order valence-corrected chi connectivity index (χ4v) is 5.46. The van der Waals surface area contributed by atoms with Gasteiger partial charge in [0.25, 0.3) is 11.6 Å². The summed E-state index contributed by atoms with van der Waals surface area (Å²) >= 11 is 11.1. The molecule has 0 radical (unpaired) electrons. The molecule has 0 bridgehead atoms. The maximum absolute atomic E-state index is 12.8. The molecule has 4 rings (SSSR count). The van der Waals surface area contributed by atoms with Crippen LogP contribution < -0.4 is 5.32 Å². The fourth-order valence-electron chi connectivity index (χ4n) is 3.08. The maximum Gasteiger partial charge on any atom is 0.269 e. The van der Waals surface area contributed by atoms with Gasteiger partial charge in [0.1, 0.15) is 10.9 Å². The summed E-state index contributed by atoms with van der Waals surface area (Å²) in [6.45, 7) is -0.220. The lowest BCUT2D eigenvalue weighted by Crippen LogP contribution is -2.36. The second-order valence-corrected chi connectivity index (χ2v) is 10.8. The number of nitro benzene ring substituents is 1. The Morgan fingerprint density at radius 3 is 2.76 bits per heavy atom. The van der Waals surface area contributed by atoms with Gasteiger partial charge in [-0.2, -0.15) is 0 Å². The molecule has 1 fully saturated rings. The standard InChI is InChI=1S/C22H15BrN4O4S3/c23-15-6-4-13(5-7-15)10-18-20(29)26(22(32)34-18)12-19(28)25-21-24-11-17(33-21)9-14-2-1-3-16(8-14)27(30)31/h1-8,10-11H,9,12H2,(H,24,25,28). The molecule has 0 atom stereocenters. The third-order valence-corrected chi connectivity index (χ3v) is 7.46. The summed E-state index contributed by atoms with van der Waals surface area (Å²) in [6, 6.07) is 13.9. The molecule has 0 aliphatic carbocycles. The molecule has 2 aromatic carbocycles. The highest BCUT2D eigenvalue weighted by atomic mass is 79.9. The molecule has 1 aliphatic rings. The quantitative estimate of drug-likeness (QED) is 0.178. The number of carbonyl (C=O) groups is 2. The van der Waals surface area contributed by atoms with Crippen LogP contribution in [0.2, 0.25) is 0 Å². The van der Waals surface area contributed by atoms with Crippen LogP contribution in [0.5, 0.6) is 0 Å². The number of nitrogens with one attached hydrogen (secondary N) is 1. The van der Waals surface area contributed by atoms with Crippen molar-refractivity contribution in [2.45, 2.75) is 6.42 Å². The van der Waals surface area contributed by atoms with Crippen molar-refractivity contribution in [3.05, 3.63) is 90.2 Å². The van der Waals surface area contributed by atoms with Crippen LogP contribution in [0.25, 0.3) is 6.08 Å². The minimum absolute atomic E-state index is 0.0215. The molecule has 0 saturated carbocycles. The lowest BCUT2D eigenvalue weighted by Gasteiger charge is -2.13. The largest absolute Gasteiger partial charge is 0.300 e. The van der Waals surface area contributed by atoms with E-state index in [1.165, 1.54) is 28.4 Å². The summed E-state index contributed by atoms with van der Waals surface area (Å²) in [7, 11) is 0. The van der Waals surface area contributed by atoms with Gasteiger partial charge < -0.3 is 5.32 Å². The van der Waals surface area contributed by atoms with Gasteiger partial charge in [-0.1, -0.05) is 64.2 Å². The Kier molecular flexibility index (Phi) is 7.51. The lowest BCUT2D eigenvalue weighted by molar-refractivity contribution is -0.384. The number of non-ortho nitro benzene ring substituents is 1. The Bertz CT molecular complexity index is 1320. The minimum Gasteiger partial charge on any atom is -0.300 e. The molecule has 3 aromatic rings. The highest BCUT2D eigenvalue weighted by Gasteiger charge is 2.33. The van der Waals surface area contributed by atoms with E-state index < -0.39 is 10.8 Å². The predicted octanol–water partition coefficient (Wildman–Crippen LogP) is 5.24. The van der Waals surface area contributed by atoms with E-state index in [9.17, 15) is 19.7 Å². The number of thiocarbonyl (C=S) groups is 1. The summed E-state index contributed by atoms with van der Waals surface area (Å²) < 4.78 is 1.25. The summed E-state index contributed by atoms with van der Waals surface area (Å²) in [5.41, 5.74) is 1.64. The van der Waals surface area contributed by atoms with E-state index in [-0.39, 0.29) is 18.1 Å². The number of rotatable bonds is 7. The van der Waals surface area contributed by atoms with Crippen LogP contribution >= 0.6 is 51.2 Å². The van der Waals surface area contributed by atoms with Crippen molar-refractivity contribution in [1.82, 2.24) is 9.88 Å². The Balaban J connectivity index is 1.36. The number of thiazole rings is 1. The summed E-state index contributed by atoms with van der Waals surface area (Å²) in [5, 5.41) is 14.0. The number of amides is 2. The molecule has 2 heterocycles. The Labute approximate surface area is 216 Å². The van der Waals surface area contributed by atoms with Crippen molar-refractivity contribution in [2.24, 2.45) is 0 Å². The summed E-state index contributed by atoms with van der Waals surface area (Å²) in [5.74, 6) is -0.740. The number of anilines is 1. The molecule has 2 amide bonds. The molecule has 1 N–H and O–H groups in total. The van der Waals surface area contributed by atoms with Gasteiger partial charge >= 0.3 is 0 Å². The van der Waals surface area contributed by atoms with Gasteiger partial charge in [0, 0.05) is 34.1 Å². The number of nitro groups is 1. The van der Waals surface area contributed by atoms with Gasteiger partial charge in [0.2, 0.25) is 5.91 Å². The van der Waals surface area contributed by atoms with E-state index in [0.717, 1.165) is 32.2 Å². The number of hydrogen-bond acceptors (Lipinski definition) is 8. The van der Waals surface area contributed by atoms with E-state index in [1.807, 2.05) is 24.3 Å². The monoisotopic (exact) mass is 574 g/mol. The highest BCUT2D eigenvalue weighted by molar-refractivity contribution is 9.10. The molecular formula is C22H15BrN4O4S3. The smallest absolute Gasteiger partial charge is 0.269 e. The van der Waals surface area contributed by atoms with Crippen LogP contribution in [0.4, 0.5) is 10.8 Å². The third-order valence-electron chi connectivity index (χ3n) is 4.64. The molecular weight excluding hydrogens is 560 g/mol. The number of carbonyl (C=O) groups excluding carboxylic acids is 2. The van der Waals surface area contributed by atoms with Crippen molar-refractivity contribution in [1.29, 1.82) is 0 Å². The van der Waals surface area contributed by atoms with Crippen LogP contribution in [-0.2, 0) is 16.0 Å². The van der Waals surface area contributed by atoms with Crippen LogP contribution in [0.1, 0.15) is 16.0 Å². The second-order valence-electron chi connectivity index (χ2n) is 7.10. The number of hydrogen-bond donors (Lipinski definition) is 1. The number of thioether (sulfide) groups is 1. The molecule has 1 aliphatic heterocycles. The van der Waals surface area contributed by atoms with Crippen LogP contribution in [0.3, 0.4) is 0 Å². The molecule has 1 saturated heterocycles. The van der Waals surface area contributed by atoms with E-state index in [1.54, 1.807) is 24.4 Å². The van der Waals surface area contributed by atoms with Crippen molar-refractivity contribution < 1.29 is 14.5 Å². The Hall–Kier alpha value is -2.93. The molecule has 172 valence electrons. The third kappa shape index (κ3) is 5.95. The van der Waals surface area contributed by atoms with Crippen molar-refractivity contribution >= 4 is 84.3 Å². The first-order valence-corrected chi connectivity index (χ1v) is 12.6. The van der Waals surface area contributed by atoms with Crippen LogP contribution in [0, 0.1) is 10.1 Å². The lowest BCUT2D eigenvalue weighted by atomic mass is 10.1. The SMILES string of the molecule is O=C(CN1C(=O)C(=Cc2ccc(Br)cc2)SC1=S)Nc1ncc(Cc2cccc([N+](=O)[O-])c2)s1. The molecule has 12 heteroatoms. The zero-order chi connectivity index (χ0) is 24.2. The maximum atomic E-state index is 12.8. The first kappa shape index (κ1) is 24.2. The van der Waals surface area contributed by atoms with E-state index in [0.29, 0.717) is 20.8 Å². The summed E-state index contributed by atoms with van der Waals surface area (Å²) in [4.78, 5) is 42.5. The van der Waals surface area contributed by atoms with E-state index >= 15 is 0 Å². The molecule has 34 heavy (non-hydrogen) atoms. The van der Waals surface area contributed by atoms with Crippen molar-refractivity contribution in [2.75, 3.05) is 11.9 Å². The first-order chi connectivity index (χ1) is 16.3. The zero-order valence-electron chi connectivity index (χ0n) is 17.3. The number of benzene rings is 2. The predicted molar refractivity (Wildman–Crippen MR) is 141 cm³/mol. The second kappa shape index (κ2) is 10.6. The Morgan fingerprint density at radius 2 is 2.03 bits per heavy atom.